The molecule has 2 aromatic carbocycles. The lowest BCUT2D eigenvalue weighted by atomic mass is 10.1. The highest BCUT2D eigenvalue weighted by Gasteiger charge is 2.55. The van der Waals surface area contributed by atoms with Gasteiger partial charge in [0.05, 0.1) is 6.54 Å². The topological polar surface area (TPSA) is 59.1 Å². The van der Waals surface area contributed by atoms with Crippen LogP contribution in [0.15, 0.2) is 54.6 Å². The van der Waals surface area contributed by atoms with Crippen LogP contribution in [0.4, 0.5) is 4.79 Å². The van der Waals surface area contributed by atoms with E-state index in [0.717, 1.165) is 38.0 Å². The van der Waals surface area contributed by atoms with E-state index < -0.39 is 6.04 Å². The SMILES string of the molecule is CN1C(=O)N(Cc2ccccc2Cl)C(=O)C2C1NC1N(CCc3ccccc3)CCCN21. The molecule has 0 aliphatic carbocycles. The Morgan fingerprint density at radius 2 is 1.78 bits per heavy atom. The molecule has 3 unspecified atom stereocenters. The fourth-order valence-corrected chi connectivity index (χ4v) is 5.28. The molecule has 3 aliphatic heterocycles. The molecular formula is C24H28ClN5O2. The summed E-state index contributed by atoms with van der Waals surface area (Å²) in [5.74, 6) is -0.155. The van der Waals surface area contributed by atoms with Crippen LogP contribution in [0, 0.1) is 0 Å². The first-order chi connectivity index (χ1) is 15.5. The third kappa shape index (κ3) is 3.79. The molecule has 3 aliphatic rings. The normalized spacial score (nSPS) is 26.4. The lowest BCUT2D eigenvalue weighted by Gasteiger charge is -2.43. The maximum absolute atomic E-state index is 13.6. The first-order valence-corrected chi connectivity index (χ1v) is 11.5. The maximum Gasteiger partial charge on any atom is 0.328 e. The average Bonchev–Trinajstić information content (AvgIpc) is 3.21. The zero-order valence-electron chi connectivity index (χ0n) is 18.2. The van der Waals surface area contributed by atoms with Gasteiger partial charge in [-0.3, -0.25) is 24.8 Å². The molecule has 0 saturated carbocycles. The summed E-state index contributed by atoms with van der Waals surface area (Å²) in [5, 5.41) is 4.13. The summed E-state index contributed by atoms with van der Waals surface area (Å²) >= 11 is 6.31. The second kappa shape index (κ2) is 8.83. The van der Waals surface area contributed by atoms with Crippen molar-refractivity contribution in [1.29, 1.82) is 0 Å². The van der Waals surface area contributed by atoms with Crippen LogP contribution in [0.2, 0.25) is 5.02 Å². The van der Waals surface area contributed by atoms with Crippen LogP contribution in [0.5, 0.6) is 0 Å². The third-order valence-corrected chi connectivity index (χ3v) is 7.15. The Morgan fingerprint density at radius 1 is 1.03 bits per heavy atom. The van der Waals surface area contributed by atoms with Crippen molar-refractivity contribution in [2.24, 2.45) is 0 Å². The van der Waals surface area contributed by atoms with Crippen LogP contribution < -0.4 is 5.32 Å². The van der Waals surface area contributed by atoms with E-state index in [4.69, 9.17) is 11.6 Å². The van der Waals surface area contributed by atoms with Gasteiger partial charge in [0.1, 0.15) is 18.5 Å². The summed E-state index contributed by atoms with van der Waals surface area (Å²) in [4.78, 5) is 34.3. The minimum Gasteiger partial charge on any atom is -0.310 e. The summed E-state index contributed by atoms with van der Waals surface area (Å²) < 4.78 is 0. The van der Waals surface area contributed by atoms with E-state index >= 15 is 0 Å². The van der Waals surface area contributed by atoms with Gasteiger partial charge in [0, 0.05) is 31.7 Å². The van der Waals surface area contributed by atoms with Crippen LogP contribution in [0.1, 0.15) is 17.5 Å². The molecule has 5 rings (SSSR count). The quantitative estimate of drug-likeness (QED) is 0.754. The molecule has 3 saturated heterocycles. The highest BCUT2D eigenvalue weighted by Crippen LogP contribution is 2.32. The smallest absolute Gasteiger partial charge is 0.310 e. The lowest BCUT2D eigenvalue weighted by molar-refractivity contribution is -0.140. The number of urea groups is 1. The summed E-state index contributed by atoms with van der Waals surface area (Å²) in [6.07, 6.45) is 1.55. The number of fused-ring (bicyclic) bond motifs is 3. The number of nitrogens with one attached hydrogen (secondary N) is 1. The summed E-state index contributed by atoms with van der Waals surface area (Å²) in [7, 11) is 1.77. The molecule has 8 heteroatoms. The second-order valence-corrected chi connectivity index (χ2v) is 9.11. The summed E-state index contributed by atoms with van der Waals surface area (Å²) in [6.45, 7) is 2.87. The van der Waals surface area contributed by atoms with Crippen molar-refractivity contribution < 1.29 is 9.59 Å². The molecule has 0 aromatic heterocycles. The lowest BCUT2D eigenvalue weighted by Crippen LogP contribution is -2.66. The predicted molar refractivity (Wildman–Crippen MR) is 123 cm³/mol. The largest absolute Gasteiger partial charge is 0.328 e. The van der Waals surface area contributed by atoms with E-state index in [1.807, 2.05) is 24.3 Å². The Hall–Kier alpha value is -2.45. The Balaban J connectivity index is 1.35. The molecule has 3 amide bonds. The van der Waals surface area contributed by atoms with Gasteiger partial charge in [-0.2, -0.15) is 0 Å². The van der Waals surface area contributed by atoms with E-state index in [9.17, 15) is 9.59 Å². The monoisotopic (exact) mass is 453 g/mol. The van der Waals surface area contributed by atoms with Crippen molar-refractivity contribution in [3.63, 3.8) is 0 Å². The van der Waals surface area contributed by atoms with Crippen molar-refractivity contribution in [3.8, 4) is 0 Å². The van der Waals surface area contributed by atoms with Gasteiger partial charge in [0.25, 0.3) is 5.91 Å². The molecule has 2 aromatic rings. The average molecular weight is 454 g/mol. The Bertz CT molecular complexity index is 1000. The van der Waals surface area contributed by atoms with Gasteiger partial charge >= 0.3 is 6.03 Å². The van der Waals surface area contributed by atoms with Crippen LogP contribution in [0.3, 0.4) is 0 Å². The molecule has 0 bridgehead atoms. The number of nitrogens with zero attached hydrogens (tertiary/aromatic N) is 4. The van der Waals surface area contributed by atoms with E-state index in [2.05, 4.69) is 39.4 Å². The molecule has 32 heavy (non-hydrogen) atoms. The van der Waals surface area contributed by atoms with E-state index in [1.165, 1.54) is 10.5 Å². The first kappa shape index (κ1) is 21.4. The summed E-state index contributed by atoms with van der Waals surface area (Å²) in [6, 6.07) is 17.1. The van der Waals surface area contributed by atoms with Crippen molar-refractivity contribution in [2.75, 3.05) is 26.7 Å². The van der Waals surface area contributed by atoms with Gasteiger partial charge in [-0.15, -0.1) is 0 Å². The number of rotatable bonds is 5. The van der Waals surface area contributed by atoms with E-state index in [1.54, 1.807) is 18.0 Å². The predicted octanol–water partition coefficient (Wildman–Crippen LogP) is 2.57. The number of hydrogen-bond acceptors (Lipinski definition) is 5. The fourth-order valence-electron chi connectivity index (χ4n) is 5.09. The Labute approximate surface area is 193 Å². The van der Waals surface area contributed by atoms with Gasteiger partial charge in [0.2, 0.25) is 0 Å². The third-order valence-electron chi connectivity index (χ3n) is 6.78. The number of amides is 3. The number of carbonyl (C=O) groups is 2. The number of halogens is 1. The van der Waals surface area contributed by atoms with Crippen LogP contribution in [-0.2, 0) is 17.8 Å². The number of hydrogen-bond donors (Lipinski definition) is 1. The molecule has 168 valence electrons. The first-order valence-electron chi connectivity index (χ1n) is 11.2. The van der Waals surface area contributed by atoms with Gasteiger partial charge in [-0.25, -0.2) is 4.79 Å². The van der Waals surface area contributed by atoms with E-state index in [0.29, 0.717) is 5.02 Å². The highest BCUT2D eigenvalue weighted by atomic mass is 35.5. The van der Waals surface area contributed by atoms with Crippen molar-refractivity contribution in [1.82, 2.24) is 24.9 Å². The van der Waals surface area contributed by atoms with E-state index in [-0.39, 0.29) is 30.9 Å². The van der Waals surface area contributed by atoms with Gasteiger partial charge in [0.15, 0.2) is 0 Å². The number of likely N-dealkylation sites (N-methyl/N-ethyl adjacent to an activating group) is 1. The fraction of sp³-hybridized carbons (Fsp3) is 0.417. The van der Waals surface area contributed by atoms with Crippen molar-refractivity contribution in [3.05, 3.63) is 70.7 Å². The summed E-state index contributed by atoms with van der Waals surface area (Å²) in [5.41, 5.74) is 2.07. The molecule has 3 fully saturated rings. The standard InChI is InChI=1S/C24H28ClN5O2/c1-27-21-20(22(31)30(24(27)32)16-18-10-5-6-11-19(18)25)29-14-7-13-28(23(29)26-21)15-12-17-8-3-2-4-9-17/h2-6,8-11,20-21,23,26H,7,12-16H2,1H3. The van der Waals surface area contributed by atoms with Crippen LogP contribution in [-0.4, -0.2) is 76.7 Å². The molecule has 0 radical (unpaired) electrons. The maximum atomic E-state index is 13.6. The van der Waals surface area contributed by atoms with Crippen molar-refractivity contribution in [2.45, 2.75) is 37.9 Å². The number of imide groups is 1. The Morgan fingerprint density at radius 3 is 2.56 bits per heavy atom. The zero-order chi connectivity index (χ0) is 22.2. The molecule has 7 nitrogen and oxygen atoms in total. The zero-order valence-corrected chi connectivity index (χ0v) is 18.9. The van der Waals surface area contributed by atoms with Crippen molar-refractivity contribution >= 4 is 23.5 Å². The van der Waals surface area contributed by atoms with Gasteiger partial charge < -0.3 is 4.90 Å². The number of carbonyl (C=O) groups excluding carboxylic acids is 2. The molecular weight excluding hydrogens is 426 g/mol. The molecule has 3 heterocycles. The molecule has 0 spiro atoms. The van der Waals surface area contributed by atoms with Gasteiger partial charge in [-0.05, 0) is 30.0 Å². The molecule has 1 N–H and O–H groups in total. The Kier molecular flexibility index (Phi) is 5.90. The van der Waals surface area contributed by atoms with Crippen LogP contribution >= 0.6 is 11.6 Å². The van der Waals surface area contributed by atoms with Crippen LogP contribution in [0.25, 0.3) is 0 Å². The minimum absolute atomic E-state index is 0.0538. The van der Waals surface area contributed by atoms with Gasteiger partial charge in [-0.1, -0.05) is 60.1 Å². The molecule has 3 atom stereocenters. The minimum atomic E-state index is -0.398. The second-order valence-electron chi connectivity index (χ2n) is 8.70. The highest BCUT2D eigenvalue weighted by molar-refractivity contribution is 6.31. The number of benzene rings is 2.